The molecule has 22 heavy (non-hydrogen) atoms. The smallest absolute Gasteiger partial charge is 0.263 e. The maximum atomic E-state index is 12.3. The van der Waals surface area contributed by atoms with Gasteiger partial charge in [0, 0.05) is 22.9 Å². The fourth-order valence-electron chi connectivity index (χ4n) is 1.93. The van der Waals surface area contributed by atoms with E-state index in [1.807, 2.05) is 13.8 Å². The van der Waals surface area contributed by atoms with Gasteiger partial charge in [0.15, 0.2) is 11.6 Å². The molecule has 2 aromatic rings. The lowest BCUT2D eigenvalue weighted by Gasteiger charge is -2.12. The number of amides is 1. The van der Waals surface area contributed by atoms with Gasteiger partial charge in [-0.05, 0) is 48.0 Å². The summed E-state index contributed by atoms with van der Waals surface area (Å²) in [6, 6.07) is 4.81. The van der Waals surface area contributed by atoms with Crippen molar-refractivity contribution >= 4 is 27.7 Å². The average molecular weight is 366 g/mol. The lowest BCUT2D eigenvalue weighted by Crippen LogP contribution is -2.29. The molecule has 2 rings (SSSR count). The molecule has 0 atom stereocenters. The zero-order valence-corrected chi connectivity index (χ0v) is 14.0. The second-order valence-electron chi connectivity index (χ2n) is 4.89. The van der Waals surface area contributed by atoms with Gasteiger partial charge in [0.1, 0.15) is 5.56 Å². The number of pyridine rings is 2. The highest BCUT2D eigenvalue weighted by molar-refractivity contribution is 9.10. The van der Waals surface area contributed by atoms with Crippen molar-refractivity contribution in [1.82, 2.24) is 9.55 Å². The zero-order valence-electron chi connectivity index (χ0n) is 12.5. The van der Waals surface area contributed by atoms with Gasteiger partial charge in [0.05, 0.1) is 7.11 Å². The van der Waals surface area contributed by atoms with Gasteiger partial charge < -0.3 is 14.6 Å². The molecule has 116 valence electrons. The summed E-state index contributed by atoms with van der Waals surface area (Å²) in [6.07, 6.45) is 3.19. The van der Waals surface area contributed by atoms with Crippen molar-refractivity contribution in [2.75, 3.05) is 12.4 Å². The van der Waals surface area contributed by atoms with Crippen LogP contribution in [0, 0.1) is 0 Å². The SMILES string of the molecule is COc1cc(Br)cnc1NC(=O)c1cccn(C(C)C)c1=O. The molecular weight excluding hydrogens is 350 g/mol. The van der Waals surface area contributed by atoms with E-state index in [9.17, 15) is 9.59 Å². The van der Waals surface area contributed by atoms with Gasteiger partial charge in [-0.1, -0.05) is 0 Å². The third-order valence-electron chi connectivity index (χ3n) is 3.05. The fourth-order valence-corrected chi connectivity index (χ4v) is 2.24. The summed E-state index contributed by atoms with van der Waals surface area (Å²) in [5.41, 5.74) is -0.283. The highest BCUT2D eigenvalue weighted by Crippen LogP contribution is 2.25. The molecule has 1 amide bonds. The van der Waals surface area contributed by atoms with E-state index in [0.29, 0.717) is 5.75 Å². The molecule has 0 aliphatic rings. The van der Waals surface area contributed by atoms with Gasteiger partial charge in [-0.25, -0.2) is 4.98 Å². The van der Waals surface area contributed by atoms with Gasteiger partial charge in [-0.2, -0.15) is 0 Å². The highest BCUT2D eigenvalue weighted by atomic mass is 79.9. The summed E-state index contributed by atoms with van der Waals surface area (Å²) in [7, 11) is 1.48. The lowest BCUT2D eigenvalue weighted by molar-refractivity contribution is 0.102. The zero-order chi connectivity index (χ0) is 16.3. The summed E-state index contributed by atoms with van der Waals surface area (Å²) >= 11 is 3.28. The van der Waals surface area contributed by atoms with Crippen LogP contribution in [-0.2, 0) is 0 Å². The van der Waals surface area contributed by atoms with Gasteiger partial charge in [-0.15, -0.1) is 0 Å². The second-order valence-corrected chi connectivity index (χ2v) is 5.80. The van der Waals surface area contributed by atoms with Crippen molar-refractivity contribution in [3.63, 3.8) is 0 Å². The maximum absolute atomic E-state index is 12.3. The summed E-state index contributed by atoms with van der Waals surface area (Å²) in [4.78, 5) is 28.7. The van der Waals surface area contributed by atoms with Crippen molar-refractivity contribution in [1.29, 1.82) is 0 Å². The summed E-state index contributed by atoms with van der Waals surface area (Å²) in [5.74, 6) is 0.144. The second kappa shape index (κ2) is 6.74. The Morgan fingerprint density at radius 2 is 2.18 bits per heavy atom. The molecule has 0 spiro atoms. The number of carbonyl (C=O) groups excluding carboxylic acids is 1. The Labute approximate surface area is 136 Å². The van der Waals surface area contributed by atoms with Crippen LogP contribution in [0.1, 0.15) is 30.2 Å². The number of aromatic nitrogens is 2. The number of rotatable bonds is 4. The van der Waals surface area contributed by atoms with Crippen LogP contribution in [0.25, 0.3) is 0 Å². The van der Waals surface area contributed by atoms with Gasteiger partial charge in [-0.3, -0.25) is 9.59 Å². The molecule has 0 saturated heterocycles. The first-order valence-corrected chi connectivity index (χ1v) is 7.45. The molecule has 1 N–H and O–H groups in total. The minimum Gasteiger partial charge on any atom is -0.493 e. The van der Waals surface area contributed by atoms with E-state index < -0.39 is 5.91 Å². The molecule has 0 unspecified atom stereocenters. The summed E-state index contributed by atoms with van der Waals surface area (Å²) in [6.45, 7) is 3.75. The summed E-state index contributed by atoms with van der Waals surface area (Å²) in [5, 5.41) is 2.60. The molecule has 0 aliphatic heterocycles. The van der Waals surface area contributed by atoms with Crippen molar-refractivity contribution in [2.45, 2.75) is 19.9 Å². The van der Waals surface area contributed by atoms with Crippen LogP contribution in [0.15, 0.2) is 39.9 Å². The van der Waals surface area contributed by atoms with E-state index in [-0.39, 0.29) is 23.0 Å². The van der Waals surface area contributed by atoms with E-state index in [4.69, 9.17) is 4.74 Å². The number of halogens is 1. The fraction of sp³-hybridized carbons (Fsp3) is 0.267. The van der Waals surface area contributed by atoms with Crippen LogP contribution in [0.2, 0.25) is 0 Å². The molecular formula is C15H16BrN3O3. The lowest BCUT2D eigenvalue weighted by atomic mass is 10.2. The number of hydrogen-bond donors (Lipinski definition) is 1. The predicted molar refractivity (Wildman–Crippen MR) is 87.5 cm³/mol. The Bertz CT molecular complexity index is 756. The molecule has 0 radical (unpaired) electrons. The first-order chi connectivity index (χ1) is 10.4. The van der Waals surface area contributed by atoms with Crippen molar-refractivity contribution in [3.8, 4) is 5.75 Å². The Morgan fingerprint density at radius 1 is 1.45 bits per heavy atom. The number of hydrogen-bond acceptors (Lipinski definition) is 4. The molecule has 2 heterocycles. The quantitative estimate of drug-likeness (QED) is 0.903. The molecule has 0 aromatic carbocycles. The minimum absolute atomic E-state index is 0.0272. The van der Waals surface area contributed by atoms with Gasteiger partial charge in [0.25, 0.3) is 11.5 Å². The van der Waals surface area contributed by atoms with Gasteiger partial charge in [0.2, 0.25) is 0 Å². The third kappa shape index (κ3) is 3.36. The molecule has 6 nitrogen and oxygen atoms in total. The topological polar surface area (TPSA) is 73.2 Å². The van der Waals surface area contributed by atoms with Crippen LogP contribution in [0.4, 0.5) is 5.82 Å². The summed E-state index contributed by atoms with van der Waals surface area (Å²) < 4.78 is 7.39. The van der Waals surface area contributed by atoms with Crippen LogP contribution in [-0.4, -0.2) is 22.6 Å². The number of ether oxygens (including phenoxy) is 1. The van der Waals surface area contributed by atoms with Crippen molar-refractivity contribution in [3.05, 3.63) is 51.0 Å². The normalized spacial score (nSPS) is 10.6. The van der Waals surface area contributed by atoms with Gasteiger partial charge >= 0.3 is 0 Å². The number of nitrogens with zero attached hydrogens (tertiary/aromatic N) is 2. The van der Waals surface area contributed by atoms with Crippen LogP contribution in [0.3, 0.4) is 0 Å². The van der Waals surface area contributed by atoms with E-state index in [1.165, 1.54) is 23.9 Å². The monoisotopic (exact) mass is 365 g/mol. The average Bonchev–Trinajstić information content (AvgIpc) is 2.48. The maximum Gasteiger partial charge on any atom is 0.263 e. The molecule has 0 saturated carbocycles. The third-order valence-corrected chi connectivity index (χ3v) is 3.48. The first-order valence-electron chi connectivity index (χ1n) is 6.66. The Kier molecular flexibility index (Phi) is 4.97. The molecule has 0 fully saturated rings. The molecule has 0 aliphatic carbocycles. The number of methoxy groups -OCH3 is 1. The highest BCUT2D eigenvalue weighted by Gasteiger charge is 2.16. The van der Waals surface area contributed by atoms with Crippen molar-refractivity contribution in [2.24, 2.45) is 0 Å². The number of anilines is 1. The molecule has 2 aromatic heterocycles. The Balaban J connectivity index is 2.35. The van der Waals surface area contributed by atoms with Crippen molar-refractivity contribution < 1.29 is 9.53 Å². The first kappa shape index (κ1) is 16.2. The molecule has 7 heteroatoms. The number of carbonyl (C=O) groups is 1. The van der Waals surface area contributed by atoms with Crippen LogP contribution >= 0.6 is 15.9 Å². The Hall–Kier alpha value is -2.15. The van der Waals surface area contributed by atoms with E-state index in [1.54, 1.807) is 18.3 Å². The number of nitrogens with one attached hydrogen (secondary N) is 1. The largest absolute Gasteiger partial charge is 0.493 e. The van der Waals surface area contributed by atoms with E-state index in [2.05, 4.69) is 26.2 Å². The Morgan fingerprint density at radius 3 is 2.82 bits per heavy atom. The van der Waals surface area contributed by atoms with E-state index >= 15 is 0 Å². The van der Waals surface area contributed by atoms with E-state index in [0.717, 1.165) is 4.47 Å². The van der Waals surface area contributed by atoms with Crippen LogP contribution in [0.5, 0.6) is 5.75 Å². The predicted octanol–water partition coefficient (Wildman–Crippen LogP) is 2.85. The standard InChI is InChI=1S/C15H16BrN3O3/c1-9(2)19-6-4-5-11(15(19)21)14(20)18-13-12(22-3)7-10(16)8-17-13/h4-9H,1-3H3,(H,17,18,20). The molecule has 0 bridgehead atoms. The van der Waals surface area contributed by atoms with Crippen LogP contribution < -0.4 is 15.6 Å². The minimum atomic E-state index is -0.520.